The van der Waals surface area contributed by atoms with E-state index in [4.69, 9.17) is 23.7 Å². The van der Waals surface area contributed by atoms with Crippen LogP contribution in [0.2, 0.25) is 0 Å². The fraction of sp³-hybridized carbons (Fsp3) is 0.286. The Kier molecular flexibility index (Phi) is 10.0. The maximum absolute atomic E-state index is 14.2. The monoisotopic (exact) mass is 628 g/mol. The van der Waals surface area contributed by atoms with Crippen LogP contribution in [0.5, 0.6) is 23.0 Å². The van der Waals surface area contributed by atoms with Crippen molar-refractivity contribution in [2.75, 3.05) is 26.9 Å². The predicted octanol–water partition coefficient (Wildman–Crippen LogP) is 5.18. The van der Waals surface area contributed by atoms with E-state index in [1.807, 2.05) is 68.4 Å². The molecule has 0 saturated heterocycles. The molecule has 1 aliphatic heterocycles. The molecule has 10 heteroatoms. The average molecular weight is 629 g/mol. The number of thiazole rings is 1. The lowest BCUT2D eigenvalue weighted by Gasteiger charge is -2.26. The van der Waals surface area contributed by atoms with E-state index in [1.54, 1.807) is 39.2 Å². The number of methoxy groups -OCH3 is 1. The number of fused-ring (bicyclic) bond motifs is 1. The van der Waals surface area contributed by atoms with Gasteiger partial charge in [0.05, 0.1) is 42.7 Å². The molecule has 5 rings (SSSR count). The van der Waals surface area contributed by atoms with E-state index in [9.17, 15) is 9.59 Å². The van der Waals surface area contributed by atoms with Crippen molar-refractivity contribution in [2.24, 2.45) is 4.99 Å². The number of aromatic nitrogens is 1. The molecule has 0 amide bonds. The van der Waals surface area contributed by atoms with Crippen molar-refractivity contribution in [1.29, 1.82) is 0 Å². The molecule has 0 aliphatic carbocycles. The summed E-state index contributed by atoms with van der Waals surface area (Å²) in [5.41, 5.74) is 2.83. The lowest BCUT2D eigenvalue weighted by Crippen LogP contribution is -2.40. The molecular formula is C35H36N2O7S. The van der Waals surface area contributed by atoms with E-state index < -0.39 is 12.0 Å². The zero-order valence-corrected chi connectivity index (χ0v) is 26.8. The van der Waals surface area contributed by atoms with Crippen LogP contribution in [0.3, 0.4) is 0 Å². The number of para-hydroxylation sites is 1. The number of nitrogens with zero attached hydrogens (tertiary/aromatic N) is 2. The largest absolute Gasteiger partial charge is 0.493 e. The summed E-state index contributed by atoms with van der Waals surface area (Å²) in [6.45, 7) is 8.65. The maximum Gasteiger partial charge on any atom is 0.338 e. The van der Waals surface area contributed by atoms with E-state index in [0.717, 1.165) is 11.1 Å². The van der Waals surface area contributed by atoms with E-state index >= 15 is 0 Å². The SMILES string of the molecule is CCOC(=O)C1=C(C)N=c2s/c(=C/c3ccc(OCc4ccccc4)c(OCC)c3)c(=O)n2[C@H]1c1cccc(OC)c1OCC. The number of rotatable bonds is 12. The molecule has 45 heavy (non-hydrogen) atoms. The van der Waals surface area contributed by atoms with E-state index in [-0.39, 0.29) is 17.7 Å². The second-order valence-electron chi connectivity index (χ2n) is 10.0. The minimum Gasteiger partial charge on any atom is -0.493 e. The van der Waals surface area contributed by atoms with Crippen LogP contribution in [0.4, 0.5) is 0 Å². The van der Waals surface area contributed by atoms with E-state index in [2.05, 4.69) is 4.99 Å². The second-order valence-corrected chi connectivity index (χ2v) is 11.0. The first-order valence-electron chi connectivity index (χ1n) is 14.8. The summed E-state index contributed by atoms with van der Waals surface area (Å²) in [4.78, 5) is 32.7. The number of allylic oxidation sites excluding steroid dienone is 1. The van der Waals surface area contributed by atoms with Crippen LogP contribution < -0.4 is 33.8 Å². The van der Waals surface area contributed by atoms with E-state index in [0.29, 0.717) is 63.4 Å². The van der Waals surface area contributed by atoms with Crippen molar-refractivity contribution in [3.63, 3.8) is 0 Å². The molecule has 234 valence electrons. The van der Waals surface area contributed by atoms with Gasteiger partial charge in [0.1, 0.15) is 12.6 Å². The third-order valence-electron chi connectivity index (χ3n) is 7.13. The van der Waals surface area contributed by atoms with Crippen LogP contribution in [0.25, 0.3) is 6.08 Å². The summed E-state index contributed by atoms with van der Waals surface area (Å²) in [6.07, 6.45) is 1.79. The minimum atomic E-state index is -0.841. The van der Waals surface area contributed by atoms with Gasteiger partial charge in [0, 0.05) is 5.56 Å². The Balaban J connectivity index is 1.62. The summed E-state index contributed by atoms with van der Waals surface area (Å²) in [5, 5.41) is 0. The van der Waals surface area contributed by atoms with Crippen molar-refractivity contribution in [2.45, 2.75) is 40.3 Å². The predicted molar refractivity (Wildman–Crippen MR) is 173 cm³/mol. The van der Waals surface area contributed by atoms with Gasteiger partial charge in [-0.15, -0.1) is 0 Å². The van der Waals surface area contributed by atoms with Gasteiger partial charge < -0.3 is 23.7 Å². The van der Waals surface area contributed by atoms with Crippen molar-refractivity contribution in [3.8, 4) is 23.0 Å². The molecule has 2 heterocycles. The highest BCUT2D eigenvalue weighted by Gasteiger charge is 2.36. The average Bonchev–Trinajstić information content (AvgIpc) is 3.34. The summed E-state index contributed by atoms with van der Waals surface area (Å²) in [6, 6.07) is 20.0. The molecule has 3 aromatic carbocycles. The fourth-order valence-electron chi connectivity index (χ4n) is 5.18. The Labute approximate surface area is 265 Å². The molecule has 1 aromatic heterocycles. The Morgan fingerprint density at radius 3 is 2.40 bits per heavy atom. The molecule has 0 saturated carbocycles. The van der Waals surface area contributed by atoms with Gasteiger partial charge in [0.2, 0.25) is 0 Å². The smallest absolute Gasteiger partial charge is 0.338 e. The van der Waals surface area contributed by atoms with Crippen LogP contribution in [-0.4, -0.2) is 37.5 Å². The number of carbonyl (C=O) groups is 1. The number of benzene rings is 3. The zero-order chi connectivity index (χ0) is 31.9. The summed E-state index contributed by atoms with van der Waals surface area (Å²) >= 11 is 1.24. The van der Waals surface area contributed by atoms with Crippen LogP contribution in [-0.2, 0) is 16.1 Å². The van der Waals surface area contributed by atoms with Gasteiger partial charge in [-0.1, -0.05) is 59.9 Å². The van der Waals surface area contributed by atoms with Crippen LogP contribution in [0.1, 0.15) is 50.4 Å². The van der Waals surface area contributed by atoms with Crippen LogP contribution >= 0.6 is 11.3 Å². The fourth-order valence-corrected chi connectivity index (χ4v) is 6.23. The summed E-state index contributed by atoms with van der Waals surface area (Å²) in [7, 11) is 1.55. The first kappa shape index (κ1) is 31.6. The Morgan fingerprint density at radius 1 is 0.911 bits per heavy atom. The lowest BCUT2D eigenvalue weighted by atomic mass is 9.94. The molecular weight excluding hydrogens is 592 g/mol. The maximum atomic E-state index is 14.2. The summed E-state index contributed by atoms with van der Waals surface area (Å²) < 4.78 is 31.0. The molecule has 0 fully saturated rings. The summed E-state index contributed by atoms with van der Waals surface area (Å²) in [5.74, 6) is 1.58. The molecule has 0 N–H and O–H groups in total. The van der Waals surface area contributed by atoms with Gasteiger partial charge in [-0.2, -0.15) is 0 Å². The second kappa shape index (κ2) is 14.3. The standard InChI is InChI=1S/C35H36N2O7S/c1-6-41-28-19-24(17-18-26(28)44-21-23-13-10-9-11-14-23)20-29-33(38)37-31(25-15-12-16-27(40-5)32(25)42-7-2)30(34(39)43-8-3)22(4)36-35(37)45-29/h9-20,31H,6-8,21H2,1-5H3/b29-20+/t31-/m0/s1. The molecule has 0 spiro atoms. The van der Waals surface area contributed by atoms with Crippen molar-refractivity contribution >= 4 is 23.4 Å². The first-order chi connectivity index (χ1) is 21.9. The van der Waals surface area contributed by atoms with E-state index in [1.165, 1.54) is 15.9 Å². The molecule has 1 atom stereocenters. The van der Waals surface area contributed by atoms with Crippen LogP contribution in [0, 0.1) is 0 Å². The third kappa shape index (κ3) is 6.66. The van der Waals surface area contributed by atoms with Crippen molar-refractivity contribution in [3.05, 3.63) is 114 Å². The Hall–Kier alpha value is -4.83. The number of hydrogen-bond donors (Lipinski definition) is 0. The van der Waals surface area contributed by atoms with Gasteiger partial charge >= 0.3 is 5.97 Å². The quantitative estimate of drug-likeness (QED) is 0.200. The number of esters is 1. The first-order valence-corrected chi connectivity index (χ1v) is 15.6. The van der Waals surface area contributed by atoms with Crippen molar-refractivity contribution < 1.29 is 28.5 Å². The Bertz CT molecular complexity index is 1890. The number of carbonyl (C=O) groups excluding carboxylic acids is 1. The molecule has 0 unspecified atom stereocenters. The van der Waals surface area contributed by atoms with Gasteiger partial charge in [0.25, 0.3) is 5.56 Å². The molecule has 0 radical (unpaired) electrons. The molecule has 4 aromatic rings. The molecule has 1 aliphatic rings. The lowest BCUT2D eigenvalue weighted by molar-refractivity contribution is -0.139. The van der Waals surface area contributed by atoms with Gasteiger partial charge in [0.15, 0.2) is 27.8 Å². The van der Waals surface area contributed by atoms with Gasteiger partial charge in [-0.05, 0) is 63.1 Å². The molecule has 0 bridgehead atoms. The third-order valence-corrected chi connectivity index (χ3v) is 8.12. The van der Waals surface area contributed by atoms with Gasteiger partial charge in [-0.3, -0.25) is 9.36 Å². The highest BCUT2D eigenvalue weighted by Crippen LogP contribution is 2.40. The number of ether oxygens (including phenoxy) is 5. The van der Waals surface area contributed by atoms with Gasteiger partial charge in [-0.25, -0.2) is 9.79 Å². The molecule has 9 nitrogen and oxygen atoms in total. The zero-order valence-electron chi connectivity index (χ0n) is 26.0. The van der Waals surface area contributed by atoms with Crippen LogP contribution in [0.15, 0.2) is 87.8 Å². The van der Waals surface area contributed by atoms with Crippen molar-refractivity contribution in [1.82, 2.24) is 4.57 Å². The highest BCUT2D eigenvalue weighted by atomic mass is 32.1. The topological polar surface area (TPSA) is 97.6 Å². The normalized spacial score (nSPS) is 14.4. The number of hydrogen-bond acceptors (Lipinski definition) is 9. The highest BCUT2D eigenvalue weighted by molar-refractivity contribution is 7.07. The minimum absolute atomic E-state index is 0.177. The Morgan fingerprint density at radius 2 is 1.69 bits per heavy atom.